The molecule has 10 nitrogen and oxygen atoms in total. The van der Waals surface area contributed by atoms with Crippen LogP contribution in [-0.2, 0) is 10.0 Å². The molecule has 0 aliphatic rings. The Morgan fingerprint density at radius 3 is 2.67 bits per heavy atom. The zero-order valence-electron chi connectivity index (χ0n) is 14.2. The normalized spacial score (nSPS) is 11.1. The average Bonchev–Trinajstić information content (AvgIpc) is 3.11. The summed E-state index contributed by atoms with van der Waals surface area (Å²) in [5.74, 6) is -0.0711. The molecule has 0 fully saturated rings. The Bertz CT molecular complexity index is 1040. The van der Waals surface area contributed by atoms with Crippen molar-refractivity contribution >= 4 is 39.0 Å². The Morgan fingerprint density at radius 1 is 1.19 bits per heavy atom. The summed E-state index contributed by atoms with van der Waals surface area (Å²) in [7, 11) is -2.13. The van der Waals surface area contributed by atoms with E-state index < -0.39 is 15.8 Å². The molecule has 27 heavy (non-hydrogen) atoms. The van der Waals surface area contributed by atoms with Crippen LogP contribution in [0.2, 0.25) is 0 Å². The highest BCUT2D eigenvalue weighted by Crippen LogP contribution is 2.31. The van der Waals surface area contributed by atoms with Crippen LogP contribution < -0.4 is 20.1 Å². The van der Waals surface area contributed by atoms with E-state index in [0.717, 1.165) is 12.5 Å². The van der Waals surface area contributed by atoms with E-state index in [-0.39, 0.29) is 23.1 Å². The van der Waals surface area contributed by atoms with Gasteiger partial charge in [0, 0.05) is 12.1 Å². The average molecular weight is 394 g/mol. The zero-order chi connectivity index (χ0) is 19.4. The number of nitrogens with zero attached hydrogens (tertiary/aromatic N) is 3. The number of aromatic nitrogens is 3. The first-order valence-corrected chi connectivity index (χ1v) is 9.36. The second-order valence-electron chi connectivity index (χ2n) is 5.31. The Kier molecular flexibility index (Phi) is 5.07. The number of anilines is 5. The molecule has 0 atom stereocenters. The van der Waals surface area contributed by atoms with E-state index in [0.29, 0.717) is 11.6 Å². The van der Waals surface area contributed by atoms with E-state index in [1.165, 1.54) is 31.6 Å². The first kappa shape index (κ1) is 18.4. The minimum atomic E-state index is -3.57. The zero-order valence-corrected chi connectivity index (χ0v) is 15.0. The highest BCUT2D eigenvalue weighted by molar-refractivity contribution is 7.92. The number of benzene rings is 1. The van der Waals surface area contributed by atoms with Crippen molar-refractivity contribution in [2.45, 2.75) is 0 Å². The van der Waals surface area contributed by atoms with Gasteiger partial charge in [0.15, 0.2) is 17.5 Å². The van der Waals surface area contributed by atoms with Gasteiger partial charge in [-0.2, -0.15) is 4.98 Å². The molecule has 0 saturated carbocycles. The molecule has 1 aromatic carbocycles. The SMILES string of the molecule is COc1ccc(Nc2nc(Nc3ccon3)ncc2F)c(NS(C)(=O)=O)c1. The highest BCUT2D eigenvalue weighted by atomic mass is 32.2. The van der Waals surface area contributed by atoms with Crippen LogP contribution in [0, 0.1) is 5.82 Å². The fourth-order valence-corrected chi connectivity index (χ4v) is 2.65. The third-order valence-corrected chi connectivity index (χ3v) is 3.79. The molecular formula is C15H15FN6O4S. The molecule has 0 saturated heterocycles. The second kappa shape index (κ2) is 7.45. The minimum Gasteiger partial charge on any atom is -0.497 e. The lowest BCUT2D eigenvalue weighted by atomic mass is 10.2. The second-order valence-corrected chi connectivity index (χ2v) is 7.06. The lowest BCUT2D eigenvalue weighted by molar-refractivity contribution is 0.415. The van der Waals surface area contributed by atoms with Crippen molar-refractivity contribution in [3.05, 3.63) is 42.5 Å². The third-order valence-electron chi connectivity index (χ3n) is 3.20. The number of hydrogen-bond acceptors (Lipinski definition) is 9. The summed E-state index contributed by atoms with van der Waals surface area (Å²) in [6.07, 6.45) is 3.32. The van der Waals surface area contributed by atoms with Crippen molar-refractivity contribution in [2.24, 2.45) is 0 Å². The predicted molar refractivity (Wildman–Crippen MR) is 96.5 cm³/mol. The van der Waals surface area contributed by atoms with Crippen molar-refractivity contribution < 1.29 is 22.1 Å². The first-order valence-electron chi connectivity index (χ1n) is 7.47. The van der Waals surface area contributed by atoms with Crippen LogP contribution >= 0.6 is 0 Å². The van der Waals surface area contributed by atoms with Gasteiger partial charge in [-0.1, -0.05) is 5.16 Å². The van der Waals surface area contributed by atoms with Crippen molar-refractivity contribution in [2.75, 3.05) is 28.7 Å². The largest absolute Gasteiger partial charge is 0.497 e. The summed E-state index contributed by atoms with van der Waals surface area (Å²) in [5, 5.41) is 9.14. The highest BCUT2D eigenvalue weighted by Gasteiger charge is 2.14. The van der Waals surface area contributed by atoms with Crippen molar-refractivity contribution in [1.29, 1.82) is 0 Å². The predicted octanol–water partition coefficient (Wildman–Crippen LogP) is 2.47. The summed E-state index contributed by atoms with van der Waals surface area (Å²) in [4.78, 5) is 7.84. The van der Waals surface area contributed by atoms with Crippen LogP contribution in [-0.4, -0.2) is 36.9 Å². The maximum Gasteiger partial charge on any atom is 0.230 e. The molecule has 0 amide bonds. The van der Waals surface area contributed by atoms with Crippen LogP contribution in [0.4, 0.5) is 33.3 Å². The molecule has 0 aliphatic heterocycles. The van der Waals surface area contributed by atoms with Gasteiger partial charge in [-0.15, -0.1) is 0 Å². The number of halogens is 1. The molecule has 0 aliphatic carbocycles. The standard InChI is InChI=1S/C15H15FN6O4S/c1-25-9-3-4-11(12(7-9)22-27(2,23)24)18-14-10(16)8-17-15(20-14)19-13-5-6-26-21-13/h3-8,22H,1-2H3,(H2,17,18,19,20,21). The van der Waals surface area contributed by atoms with Crippen molar-refractivity contribution in [3.63, 3.8) is 0 Å². The summed E-state index contributed by atoms with van der Waals surface area (Å²) in [6.45, 7) is 0. The maximum absolute atomic E-state index is 14.1. The number of ether oxygens (including phenoxy) is 1. The number of hydrogen-bond donors (Lipinski definition) is 3. The van der Waals surface area contributed by atoms with E-state index >= 15 is 0 Å². The van der Waals surface area contributed by atoms with E-state index in [4.69, 9.17) is 4.74 Å². The number of methoxy groups -OCH3 is 1. The molecular weight excluding hydrogens is 379 g/mol. The summed E-state index contributed by atoms with van der Waals surface area (Å²) >= 11 is 0. The van der Waals surface area contributed by atoms with Gasteiger partial charge in [-0.3, -0.25) is 4.72 Å². The van der Waals surface area contributed by atoms with Gasteiger partial charge in [0.1, 0.15) is 12.0 Å². The molecule has 2 aromatic heterocycles. The van der Waals surface area contributed by atoms with Crippen LogP contribution in [0.5, 0.6) is 5.75 Å². The third kappa shape index (κ3) is 4.82. The monoisotopic (exact) mass is 394 g/mol. The molecule has 3 N–H and O–H groups in total. The lowest BCUT2D eigenvalue weighted by Crippen LogP contribution is -2.12. The fraction of sp³-hybridized carbons (Fsp3) is 0.133. The quantitative estimate of drug-likeness (QED) is 0.553. The van der Waals surface area contributed by atoms with Gasteiger partial charge in [0.05, 0.1) is 30.9 Å². The Hall–Kier alpha value is -3.41. The molecule has 2 heterocycles. The Morgan fingerprint density at radius 2 is 2.00 bits per heavy atom. The van der Waals surface area contributed by atoms with Gasteiger partial charge in [0.2, 0.25) is 16.0 Å². The van der Waals surface area contributed by atoms with Crippen LogP contribution in [0.15, 0.2) is 41.2 Å². The summed E-state index contributed by atoms with van der Waals surface area (Å²) in [6, 6.07) is 6.11. The molecule has 142 valence electrons. The summed E-state index contributed by atoms with van der Waals surface area (Å²) < 4.78 is 49.4. The van der Waals surface area contributed by atoms with Crippen LogP contribution in [0.3, 0.4) is 0 Å². The maximum atomic E-state index is 14.1. The number of sulfonamides is 1. The topological polar surface area (TPSA) is 131 Å². The fourth-order valence-electron chi connectivity index (χ4n) is 2.08. The van der Waals surface area contributed by atoms with E-state index in [1.54, 1.807) is 6.07 Å². The van der Waals surface area contributed by atoms with Gasteiger partial charge in [-0.25, -0.2) is 17.8 Å². The number of rotatable bonds is 7. The van der Waals surface area contributed by atoms with Crippen LogP contribution in [0.1, 0.15) is 0 Å². The molecule has 0 radical (unpaired) electrons. The van der Waals surface area contributed by atoms with Crippen LogP contribution in [0.25, 0.3) is 0 Å². The molecule has 0 spiro atoms. The van der Waals surface area contributed by atoms with Crippen molar-refractivity contribution in [1.82, 2.24) is 15.1 Å². The van der Waals surface area contributed by atoms with Gasteiger partial charge in [0.25, 0.3) is 0 Å². The van der Waals surface area contributed by atoms with Gasteiger partial charge < -0.3 is 19.9 Å². The molecule has 3 aromatic rings. The number of nitrogens with one attached hydrogen (secondary N) is 3. The van der Waals surface area contributed by atoms with E-state index in [9.17, 15) is 12.8 Å². The molecule has 12 heteroatoms. The minimum absolute atomic E-state index is 0.0685. The smallest absolute Gasteiger partial charge is 0.230 e. The van der Waals surface area contributed by atoms with Gasteiger partial charge in [-0.05, 0) is 12.1 Å². The first-order chi connectivity index (χ1) is 12.8. The van der Waals surface area contributed by atoms with E-state index in [1.807, 2.05) is 0 Å². The van der Waals surface area contributed by atoms with Gasteiger partial charge >= 0.3 is 0 Å². The Labute approximate surface area is 153 Å². The molecule has 0 unspecified atom stereocenters. The summed E-state index contributed by atoms with van der Waals surface area (Å²) in [5.41, 5.74) is 0.437. The molecule has 0 bridgehead atoms. The molecule has 3 rings (SSSR count). The van der Waals surface area contributed by atoms with E-state index in [2.05, 4.69) is 35.0 Å². The Balaban J connectivity index is 1.92. The lowest BCUT2D eigenvalue weighted by Gasteiger charge is -2.14. The van der Waals surface area contributed by atoms with Crippen molar-refractivity contribution in [3.8, 4) is 5.75 Å².